The first kappa shape index (κ1) is 12.4. The highest BCUT2D eigenvalue weighted by Gasteiger charge is 2.15. The molecule has 0 saturated heterocycles. The highest BCUT2D eigenvalue weighted by molar-refractivity contribution is 5.97. The van der Waals surface area contributed by atoms with Crippen LogP contribution in [0.1, 0.15) is 40.0 Å². The highest BCUT2D eigenvalue weighted by Crippen LogP contribution is 2.16. The van der Waals surface area contributed by atoms with Gasteiger partial charge in [-0.05, 0) is 31.9 Å². The third-order valence-electron chi connectivity index (χ3n) is 3.08. The summed E-state index contributed by atoms with van der Waals surface area (Å²) in [7, 11) is 0. The number of rotatable bonds is 3. The molecule has 1 aromatic heterocycles. The topological polar surface area (TPSA) is 57.8 Å². The maximum Gasteiger partial charge on any atom is 0.252 e. The van der Waals surface area contributed by atoms with Gasteiger partial charge in [0.1, 0.15) is 0 Å². The lowest BCUT2D eigenvalue weighted by atomic mass is 10.0. The molecule has 0 bridgehead atoms. The summed E-state index contributed by atoms with van der Waals surface area (Å²) < 4.78 is 0. The van der Waals surface area contributed by atoms with Gasteiger partial charge in [-0.15, -0.1) is 0 Å². The molecule has 1 atom stereocenters. The van der Waals surface area contributed by atoms with E-state index in [1.165, 1.54) is 0 Å². The molecule has 0 radical (unpaired) electrons. The molecule has 2 aromatic rings. The molecular weight excluding hydrogens is 226 g/mol. The normalized spacial score (nSPS) is 12.2. The summed E-state index contributed by atoms with van der Waals surface area (Å²) in [4.78, 5) is 12.3. The van der Waals surface area contributed by atoms with Crippen molar-refractivity contribution in [2.24, 2.45) is 0 Å². The number of nitrogens with one attached hydrogen (secondary N) is 2. The molecule has 0 aliphatic carbocycles. The van der Waals surface area contributed by atoms with Crippen molar-refractivity contribution in [1.29, 1.82) is 0 Å². The smallest absolute Gasteiger partial charge is 0.252 e. The van der Waals surface area contributed by atoms with Gasteiger partial charge in [-0.25, -0.2) is 0 Å². The third-order valence-corrected chi connectivity index (χ3v) is 3.08. The number of H-pyrrole nitrogens is 1. The molecule has 1 aromatic carbocycles. The Labute approximate surface area is 106 Å². The molecule has 4 heteroatoms. The van der Waals surface area contributed by atoms with E-state index in [0.29, 0.717) is 0 Å². The summed E-state index contributed by atoms with van der Waals surface area (Å²) in [6.45, 7) is 5.84. The van der Waals surface area contributed by atoms with E-state index in [9.17, 15) is 4.79 Å². The van der Waals surface area contributed by atoms with Crippen LogP contribution in [-0.2, 0) is 0 Å². The minimum absolute atomic E-state index is 0.0423. The van der Waals surface area contributed by atoms with E-state index in [0.717, 1.165) is 22.3 Å². The molecule has 94 valence electrons. The van der Waals surface area contributed by atoms with Gasteiger partial charge in [-0.1, -0.05) is 18.2 Å². The first-order valence-corrected chi connectivity index (χ1v) is 5.95. The fourth-order valence-electron chi connectivity index (χ4n) is 2.02. The lowest BCUT2D eigenvalue weighted by Crippen LogP contribution is -2.27. The van der Waals surface area contributed by atoms with Crippen LogP contribution in [0.4, 0.5) is 0 Å². The summed E-state index contributed by atoms with van der Waals surface area (Å²) in [5, 5.41) is 9.61. The SMILES string of the molecule is Cc1cccc(C)c1C(=O)NC(C)c1cn[nH]c1. The van der Waals surface area contributed by atoms with Crippen molar-refractivity contribution in [3.8, 4) is 0 Å². The third kappa shape index (κ3) is 2.42. The zero-order valence-corrected chi connectivity index (χ0v) is 10.8. The number of carbonyl (C=O) groups excluding carboxylic acids is 1. The van der Waals surface area contributed by atoms with E-state index in [2.05, 4.69) is 15.5 Å². The van der Waals surface area contributed by atoms with E-state index >= 15 is 0 Å². The Morgan fingerprint density at radius 3 is 2.56 bits per heavy atom. The zero-order valence-electron chi connectivity index (χ0n) is 10.8. The molecule has 1 heterocycles. The van der Waals surface area contributed by atoms with E-state index in [-0.39, 0.29) is 11.9 Å². The van der Waals surface area contributed by atoms with E-state index in [1.807, 2.05) is 39.0 Å². The number of carbonyl (C=O) groups is 1. The molecule has 0 spiro atoms. The van der Waals surface area contributed by atoms with Gasteiger partial charge in [0.25, 0.3) is 5.91 Å². The first-order valence-electron chi connectivity index (χ1n) is 5.95. The first-order chi connectivity index (χ1) is 8.59. The standard InChI is InChI=1S/C14H17N3O/c1-9-5-4-6-10(2)13(9)14(18)17-11(3)12-7-15-16-8-12/h4-8,11H,1-3H3,(H,15,16)(H,17,18). The summed E-state index contributed by atoms with van der Waals surface area (Å²) in [6.07, 6.45) is 3.51. The molecule has 4 nitrogen and oxygen atoms in total. The lowest BCUT2D eigenvalue weighted by molar-refractivity contribution is 0.0938. The fraction of sp³-hybridized carbons (Fsp3) is 0.286. The molecule has 0 aliphatic rings. The van der Waals surface area contributed by atoms with Gasteiger partial charge in [-0.2, -0.15) is 5.10 Å². The molecule has 0 aliphatic heterocycles. The number of amides is 1. The van der Waals surface area contributed by atoms with Crippen molar-refractivity contribution in [3.63, 3.8) is 0 Å². The van der Waals surface area contributed by atoms with Crippen LogP contribution >= 0.6 is 0 Å². The summed E-state index contributed by atoms with van der Waals surface area (Å²) in [5.74, 6) is -0.0423. The second kappa shape index (κ2) is 5.04. The van der Waals surface area contributed by atoms with Crippen LogP contribution in [-0.4, -0.2) is 16.1 Å². The number of aromatic amines is 1. The van der Waals surface area contributed by atoms with Crippen LogP contribution < -0.4 is 5.32 Å². The van der Waals surface area contributed by atoms with Crippen LogP contribution in [0.2, 0.25) is 0 Å². The average molecular weight is 243 g/mol. The number of benzene rings is 1. The molecular formula is C14H17N3O. The number of hydrogen-bond donors (Lipinski definition) is 2. The van der Waals surface area contributed by atoms with Crippen molar-refractivity contribution in [2.45, 2.75) is 26.8 Å². The molecule has 1 amide bonds. The fourth-order valence-corrected chi connectivity index (χ4v) is 2.02. The average Bonchev–Trinajstić information content (AvgIpc) is 2.81. The Bertz CT molecular complexity index is 526. The minimum atomic E-state index is -0.0599. The second-order valence-electron chi connectivity index (χ2n) is 4.49. The zero-order chi connectivity index (χ0) is 13.1. The van der Waals surface area contributed by atoms with Gasteiger partial charge in [0, 0.05) is 17.3 Å². The van der Waals surface area contributed by atoms with Gasteiger partial charge in [0.2, 0.25) is 0 Å². The van der Waals surface area contributed by atoms with Gasteiger partial charge in [0.05, 0.1) is 12.2 Å². The molecule has 2 rings (SSSR count). The lowest BCUT2D eigenvalue weighted by Gasteiger charge is -2.14. The maximum absolute atomic E-state index is 12.3. The summed E-state index contributed by atoms with van der Waals surface area (Å²) >= 11 is 0. The number of hydrogen-bond acceptors (Lipinski definition) is 2. The Kier molecular flexibility index (Phi) is 3.46. The van der Waals surface area contributed by atoms with Crippen molar-refractivity contribution in [2.75, 3.05) is 0 Å². The van der Waals surface area contributed by atoms with Gasteiger partial charge in [0.15, 0.2) is 0 Å². The summed E-state index contributed by atoms with van der Waals surface area (Å²) in [5.41, 5.74) is 3.71. The molecule has 1 unspecified atom stereocenters. The molecule has 0 fully saturated rings. The predicted molar refractivity (Wildman–Crippen MR) is 70.4 cm³/mol. The Morgan fingerprint density at radius 2 is 2.00 bits per heavy atom. The minimum Gasteiger partial charge on any atom is -0.345 e. The van der Waals surface area contributed by atoms with Crippen molar-refractivity contribution in [3.05, 3.63) is 52.8 Å². The van der Waals surface area contributed by atoms with E-state index in [4.69, 9.17) is 0 Å². The van der Waals surface area contributed by atoms with Gasteiger partial charge in [-0.3, -0.25) is 9.89 Å². The van der Waals surface area contributed by atoms with E-state index < -0.39 is 0 Å². The predicted octanol–water partition coefficient (Wildman–Crippen LogP) is 2.52. The number of aryl methyl sites for hydroxylation is 2. The van der Waals surface area contributed by atoms with Crippen molar-refractivity contribution < 1.29 is 4.79 Å². The van der Waals surface area contributed by atoms with Crippen molar-refractivity contribution >= 4 is 5.91 Å². The number of aromatic nitrogens is 2. The van der Waals surface area contributed by atoms with Crippen LogP contribution in [0.3, 0.4) is 0 Å². The van der Waals surface area contributed by atoms with Crippen LogP contribution in [0.5, 0.6) is 0 Å². The van der Waals surface area contributed by atoms with E-state index in [1.54, 1.807) is 12.4 Å². The molecule has 2 N–H and O–H groups in total. The van der Waals surface area contributed by atoms with Crippen LogP contribution in [0, 0.1) is 13.8 Å². The highest BCUT2D eigenvalue weighted by atomic mass is 16.1. The Morgan fingerprint density at radius 1 is 1.33 bits per heavy atom. The monoisotopic (exact) mass is 243 g/mol. The number of nitrogens with zero attached hydrogens (tertiary/aromatic N) is 1. The van der Waals surface area contributed by atoms with Crippen molar-refractivity contribution in [1.82, 2.24) is 15.5 Å². The van der Waals surface area contributed by atoms with Gasteiger partial charge < -0.3 is 5.32 Å². The quantitative estimate of drug-likeness (QED) is 0.870. The summed E-state index contributed by atoms with van der Waals surface area (Å²) in [6, 6.07) is 5.80. The Balaban J connectivity index is 2.18. The largest absolute Gasteiger partial charge is 0.345 e. The molecule has 18 heavy (non-hydrogen) atoms. The maximum atomic E-state index is 12.3. The molecule has 0 saturated carbocycles. The Hall–Kier alpha value is -2.10. The van der Waals surface area contributed by atoms with Crippen LogP contribution in [0.25, 0.3) is 0 Å². The van der Waals surface area contributed by atoms with Gasteiger partial charge >= 0.3 is 0 Å². The van der Waals surface area contributed by atoms with Crippen LogP contribution in [0.15, 0.2) is 30.6 Å². The second-order valence-corrected chi connectivity index (χ2v) is 4.49.